The van der Waals surface area contributed by atoms with E-state index in [1.807, 2.05) is 48.5 Å². The lowest BCUT2D eigenvalue weighted by molar-refractivity contribution is -0.128. The summed E-state index contributed by atoms with van der Waals surface area (Å²) in [5.41, 5.74) is 5.39. The van der Waals surface area contributed by atoms with Gasteiger partial charge in [-0.3, -0.25) is 9.59 Å². The Morgan fingerprint density at radius 3 is 2.54 bits per heavy atom. The number of rotatable bonds is 2. The van der Waals surface area contributed by atoms with Crippen LogP contribution in [0.3, 0.4) is 0 Å². The van der Waals surface area contributed by atoms with Crippen molar-refractivity contribution in [2.24, 2.45) is 0 Å². The van der Waals surface area contributed by atoms with Crippen LogP contribution in [0.25, 0.3) is 16.6 Å². The van der Waals surface area contributed by atoms with Gasteiger partial charge in [0.25, 0.3) is 0 Å². The summed E-state index contributed by atoms with van der Waals surface area (Å²) >= 11 is 0. The molecule has 0 unspecified atom stereocenters. The number of carbonyl (C=O) groups is 2. The largest absolute Gasteiger partial charge is 0.353 e. The Morgan fingerprint density at radius 1 is 0.923 bits per heavy atom. The number of nitrogens with zero attached hydrogens (tertiary/aromatic N) is 1. The third kappa shape index (κ3) is 2.15. The quantitative estimate of drug-likeness (QED) is 0.717. The van der Waals surface area contributed by atoms with Gasteiger partial charge >= 0.3 is 0 Å². The van der Waals surface area contributed by atoms with Crippen molar-refractivity contribution in [3.05, 3.63) is 77.0 Å². The maximum atomic E-state index is 13.2. The van der Waals surface area contributed by atoms with Gasteiger partial charge in [-0.05, 0) is 24.5 Å². The summed E-state index contributed by atoms with van der Waals surface area (Å²) < 4.78 is 0. The van der Waals surface area contributed by atoms with Gasteiger partial charge in [-0.2, -0.15) is 0 Å². The first-order valence-corrected chi connectivity index (χ1v) is 8.97. The van der Waals surface area contributed by atoms with Gasteiger partial charge < -0.3 is 9.88 Å². The second-order valence-corrected chi connectivity index (χ2v) is 6.84. The number of aromatic nitrogens is 1. The molecule has 4 nitrogen and oxygen atoms in total. The summed E-state index contributed by atoms with van der Waals surface area (Å²) in [6.45, 7) is 0.634. The number of fused-ring (bicyclic) bond motifs is 5. The van der Waals surface area contributed by atoms with Gasteiger partial charge in [0.2, 0.25) is 5.91 Å². The number of para-hydroxylation sites is 1. The SMILES string of the molecule is O=C(C1=C2c3[nH]c4ccccc4c3CCN2C(=O)CC1)c1ccccc1. The molecule has 0 saturated heterocycles. The zero-order valence-electron chi connectivity index (χ0n) is 14.3. The summed E-state index contributed by atoms with van der Waals surface area (Å²) in [5, 5.41) is 1.18. The number of aromatic amines is 1. The van der Waals surface area contributed by atoms with Crippen molar-refractivity contribution in [3.63, 3.8) is 0 Å². The van der Waals surface area contributed by atoms with Crippen LogP contribution < -0.4 is 0 Å². The van der Waals surface area contributed by atoms with Crippen LogP contribution in [0, 0.1) is 0 Å². The molecule has 1 amide bonds. The van der Waals surface area contributed by atoms with E-state index in [-0.39, 0.29) is 11.7 Å². The maximum Gasteiger partial charge on any atom is 0.227 e. The highest BCUT2D eigenvalue weighted by Gasteiger charge is 2.36. The van der Waals surface area contributed by atoms with Crippen molar-refractivity contribution in [1.29, 1.82) is 0 Å². The Morgan fingerprint density at radius 2 is 1.69 bits per heavy atom. The van der Waals surface area contributed by atoms with Crippen LogP contribution in [-0.4, -0.2) is 28.1 Å². The smallest absolute Gasteiger partial charge is 0.227 e. The number of benzene rings is 2. The van der Waals surface area contributed by atoms with Gasteiger partial charge in [-0.25, -0.2) is 0 Å². The molecule has 128 valence electrons. The summed E-state index contributed by atoms with van der Waals surface area (Å²) in [7, 11) is 0. The molecule has 1 N–H and O–H groups in total. The van der Waals surface area contributed by atoms with Crippen molar-refractivity contribution in [1.82, 2.24) is 9.88 Å². The number of H-pyrrole nitrogens is 1. The number of nitrogens with one attached hydrogen (secondary N) is 1. The van der Waals surface area contributed by atoms with E-state index in [9.17, 15) is 9.59 Å². The molecule has 2 aliphatic rings. The average Bonchev–Trinajstić information content (AvgIpc) is 3.07. The van der Waals surface area contributed by atoms with Crippen LogP contribution in [-0.2, 0) is 11.2 Å². The topological polar surface area (TPSA) is 53.2 Å². The highest BCUT2D eigenvalue weighted by molar-refractivity contribution is 6.15. The summed E-state index contributed by atoms with van der Waals surface area (Å²) in [4.78, 5) is 31.0. The summed E-state index contributed by atoms with van der Waals surface area (Å²) in [5.74, 6) is 0.124. The highest BCUT2D eigenvalue weighted by Crippen LogP contribution is 2.40. The minimum Gasteiger partial charge on any atom is -0.353 e. The molecule has 0 bridgehead atoms. The van der Waals surface area contributed by atoms with E-state index in [1.165, 1.54) is 10.9 Å². The lowest BCUT2D eigenvalue weighted by Gasteiger charge is -2.35. The first-order valence-electron chi connectivity index (χ1n) is 8.97. The highest BCUT2D eigenvalue weighted by atomic mass is 16.2. The van der Waals surface area contributed by atoms with E-state index < -0.39 is 0 Å². The predicted octanol–water partition coefficient (Wildman–Crippen LogP) is 3.94. The van der Waals surface area contributed by atoms with E-state index in [4.69, 9.17) is 0 Å². The van der Waals surface area contributed by atoms with Crippen molar-refractivity contribution in [2.45, 2.75) is 19.3 Å². The first-order chi connectivity index (χ1) is 12.7. The second-order valence-electron chi connectivity index (χ2n) is 6.84. The standard InChI is InChI=1S/C22H18N2O2/c25-19-11-10-17(22(26)14-6-2-1-3-7-14)21-20-16(12-13-24(19)21)15-8-4-5-9-18(15)23-20/h1-9,23H,10-13H2. The van der Waals surface area contributed by atoms with Gasteiger partial charge in [-0.1, -0.05) is 48.5 Å². The average molecular weight is 342 g/mol. The Kier molecular flexibility index (Phi) is 3.32. The molecular weight excluding hydrogens is 324 g/mol. The molecule has 4 heteroatoms. The number of Topliss-reactive ketones (excluding diaryl/α,β-unsaturated/α-hetero) is 1. The van der Waals surface area contributed by atoms with Crippen LogP contribution in [0.5, 0.6) is 0 Å². The van der Waals surface area contributed by atoms with E-state index >= 15 is 0 Å². The van der Waals surface area contributed by atoms with E-state index in [0.29, 0.717) is 24.9 Å². The van der Waals surface area contributed by atoms with Crippen molar-refractivity contribution < 1.29 is 9.59 Å². The van der Waals surface area contributed by atoms with Gasteiger partial charge in [0.15, 0.2) is 5.78 Å². The number of carbonyl (C=O) groups excluding carboxylic acids is 2. The molecule has 2 aromatic carbocycles. The fourth-order valence-electron chi connectivity index (χ4n) is 4.17. The number of ketones is 1. The number of hydrogen-bond acceptors (Lipinski definition) is 2. The molecule has 0 saturated carbocycles. The Bertz CT molecular complexity index is 1080. The van der Waals surface area contributed by atoms with Gasteiger partial charge in [0, 0.05) is 35.0 Å². The minimum absolute atomic E-state index is 0.0182. The maximum absolute atomic E-state index is 13.2. The lowest BCUT2D eigenvalue weighted by Crippen LogP contribution is -2.39. The Hall–Kier alpha value is -3.14. The molecule has 5 rings (SSSR count). The van der Waals surface area contributed by atoms with E-state index in [1.54, 1.807) is 4.90 Å². The molecule has 0 atom stereocenters. The lowest BCUT2D eigenvalue weighted by atomic mass is 9.88. The van der Waals surface area contributed by atoms with Crippen molar-refractivity contribution in [2.75, 3.05) is 6.54 Å². The van der Waals surface area contributed by atoms with Crippen LogP contribution >= 0.6 is 0 Å². The predicted molar refractivity (Wildman–Crippen MR) is 101 cm³/mol. The zero-order valence-corrected chi connectivity index (χ0v) is 14.3. The number of allylic oxidation sites excluding steroid dienone is 1. The van der Waals surface area contributed by atoms with Crippen molar-refractivity contribution >= 4 is 28.3 Å². The molecule has 3 aromatic rings. The first kappa shape index (κ1) is 15.1. The third-order valence-corrected chi connectivity index (χ3v) is 5.39. The molecule has 0 fully saturated rings. The second kappa shape index (κ2) is 5.70. The fourth-order valence-corrected chi connectivity index (χ4v) is 4.17. The molecular formula is C22H18N2O2. The van der Waals surface area contributed by atoms with Gasteiger partial charge in [-0.15, -0.1) is 0 Å². The zero-order chi connectivity index (χ0) is 17.7. The molecule has 3 heterocycles. The Balaban J connectivity index is 1.75. The van der Waals surface area contributed by atoms with Gasteiger partial charge in [0.1, 0.15) is 0 Å². The number of amides is 1. The third-order valence-electron chi connectivity index (χ3n) is 5.39. The van der Waals surface area contributed by atoms with Crippen LogP contribution in [0.15, 0.2) is 60.2 Å². The number of hydrogen-bond donors (Lipinski definition) is 1. The molecule has 26 heavy (non-hydrogen) atoms. The van der Waals surface area contributed by atoms with E-state index in [0.717, 1.165) is 28.9 Å². The normalized spacial score (nSPS) is 16.6. The van der Waals surface area contributed by atoms with Gasteiger partial charge in [0.05, 0.1) is 11.4 Å². The van der Waals surface area contributed by atoms with E-state index in [2.05, 4.69) is 11.1 Å². The van der Waals surface area contributed by atoms with Crippen LogP contribution in [0.2, 0.25) is 0 Å². The molecule has 0 spiro atoms. The molecule has 2 aliphatic heterocycles. The Labute approximate surface area is 151 Å². The van der Waals surface area contributed by atoms with Crippen LogP contribution in [0.4, 0.5) is 0 Å². The monoisotopic (exact) mass is 342 g/mol. The summed E-state index contributed by atoms with van der Waals surface area (Å²) in [6, 6.07) is 17.5. The molecule has 1 aromatic heterocycles. The summed E-state index contributed by atoms with van der Waals surface area (Å²) in [6.07, 6.45) is 1.70. The van der Waals surface area contributed by atoms with Crippen LogP contribution in [0.1, 0.15) is 34.5 Å². The van der Waals surface area contributed by atoms with Crippen molar-refractivity contribution in [3.8, 4) is 0 Å². The minimum atomic E-state index is 0.0182. The molecule has 0 aliphatic carbocycles. The molecule has 0 radical (unpaired) electrons. The fraction of sp³-hybridized carbons (Fsp3) is 0.182.